The topological polar surface area (TPSA) is 25.2 Å². The van der Waals surface area contributed by atoms with Crippen molar-refractivity contribution in [2.75, 3.05) is 0 Å². The molecule has 0 fully saturated rings. The zero-order chi connectivity index (χ0) is 14.0. The Balaban J connectivity index is 2.04. The zero-order valence-corrected chi connectivity index (χ0v) is 12.0. The second-order valence-corrected chi connectivity index (χ2v) is 5.14. The van der Waals surface area contributed by atoms with E-state index in [0.717, 1.165) is 17.1 Å². The summed E-state index contributed by atoms with van der Waals surface area (Å²) >= 11 is 5.73. The first-order valence-corrected chi connectivity index (χ1v) is 6.59. The van der Waals surface area contributed by atoms with Gasteiger partial charge in [0.1, 0.15) is 17.3 Å². The molecular weight excluding hydrogens is 265 g/mol. The van der Waals surface area contributed by atoms with E-state index in [9.17, 15) is 4.39 Å². The van der Waals surface area contributed by atoms with Gasteiger partial charge in [-0.25, -0.2) is 4.39 Å². The second-order valence-electron chi connectivity index (χ2n) is 4.71. The highest BCUT2D eigenvalue weighted by molar-refractivity contribution is 6.30. The summed E-state index contributed by atoms with van der Waals surface area (Å²) in [5.41, 5.74) is 1.71. The monoisotopic (exact) mass is 281 g/mol. The van der Waals surface area contributed by atoms with Crippen LogP contribution in [0.3, 0.4) is 0 Å². The van der Waals surface area contributed by atoms with Gasteiger partial charge in [-0.1, -0.05) is 17.7 Å². The summed E-state index contributed by atoms with van der Waals surface area (Å²) < 4.78 is 19.1. The van der Waals surface area contributed by atoms with Crippen molar-refractivity contribution < 1.29 is 8.81 Å². The third kappa shape index (κ3) is 3.37. The van der Waals surface area contributed by atoms with Crippen LogP contribution in [0.15, 0.2) is 28.7 Å². The fourth-order valence-corrected chi connectivity index (χ4v) is 2.28. The molecule has 4 heteroatoms. The van der Waals surface area contributed by atoms with Gasteiger partial charge in [0.25, 0.3) is 0 Å². The van der Waals surface area contributed by atoms with Crippen LogP contribution in [0.2, 0.25) is 5.02 Å². The molecule has 0 spiro atoms. The van der Waals surface area contributed by atoms with Crippen LogP contribution in [0, 0.1) is 19.7 Å². The third-order valence-corrected chi connectivity index (χ3v) is 3.39. The van der Waals surface area contributed by atoms with Gasteiger partial charge in [0.2, 0.25) is 0 Å². The molecule has 0 aliphatic rings. The lowest BCUT2D eigenvalue weighted by Gasteiger charge is -2.13. The van der Waals surface area contributed by atoms with Crippen molar-refractivity contribution in [2.24, 2.45) is 0 Å². The van der Waals surface area contributed by atoms with Crippen LogP contribution < -0.4 is 5.32 Å². The summed E-state index contributed by atoms with van der Waals surface area (Å²) in [6.07, 6.45) is 0. The molecule has 1 heterocycles. The molecule has 0 bridgehead atoms. The standard InChI is InChI=1S/C15H17ClFNO/c1-9-6-14(11(3)19-9)10(2)18-8-12-4-5-13(16)7-15(12)17/h4-7,10,18H,8H2,1-3H3. The van der Waals surface area contributed by atoms with Gasteiger partial charge in [0, 0.05) is 28.7 Å². The minimum absolute atomic E-state index is 0.104. The van der Waals surface area contributed by atoms with E-state index in [1.54, 1.807) is 12.1 Å². The lowest BCUT2D eigenvalue weighted by Crippen LogP contribution is -2.19. The van der Waals surface area contributed by atoms with E-state index in [1.165, 1.54) is 6.07 Å². The van der Waals surface area contributed by atoms with Gasteiger partial charge in [-0.05, 0) is 39.0 Å². The van der Waals surface area contributed by atoms with Gasteiger partial charge in [-0.3, -0.25) is 0 Å². The van der Waals surface area contributed by atoms with Crippen molar-refractivity contribution >= 4 is 11.6 Å². The highest BCUT2D eigenvalue weighted by Crippen LogP contribution is 2.22. The van der Waals surface area contributed by atoms with Crippen molar-refractivity contribution in [2.45, 2.75) is 33.4 Å². The second kappa shape index (κ2) is 5.76. The molecular formula is C15H17ClFNO. The van der Waals surface area contributed by atoms with Crippen LogP contribution in [0.4, 0.5) is 4.39 Å². The smallest absolute Gasteiger partial charge is 0.129 e. The van der Waals surface area contributed by atoms with Crippen LogP contribution in [0.5, 0.6) is 0 Å². The summed E-state index contributed by atoms with van der Waals surface area (Å²) in [6.45, 7) is 6.34. The SMILES string of the molecule is Cc1cc(C(C)NCc2ccc(Cl)cc2F)c(C)o1. The largest absolute Gasteiger partial charge is 0.466 e. The fourth-order valence-electron chi connectivity index (χ4n) is 2.12. The minimum Gasteiger partial charge on any atom is -0.466 e. The van der Waals surface area contributed by atoms with E-state index in [0.29, 0.717) is 17.1 Å². The maximum atomic E-state index is 13.6. The number of hydrogen-bond acceptors (Lipinski definition) is 2. The first kappa shape index (κ1) is 14.1. The highest BCUT2D eigenvalue weighted by atomic mass is 35.5. The lowest BCUT2D eigenvalue weighted by atomic mass is 10.1. The first-order chi connectivity index (χ1) is 8.97. The summed E-state index contributed by atoms with van der Waals surface area (Å²) in [4.78, 5) is 0. The average Bonchev–Trinajstić information content (AvgIpc) is 2.67. The van der Waals surface area contributed by atoms with E-state index < -0.39 is 0 Å². The van der Waals surface area contributed by atoms with Crippen molar-refractivity contribution in [3.63, 3.8) is 0 Å². The first-order valence-electron chi connectivity index (χ1n) is 6.21. The molecule has 2 rings (SSSR count). The van der Waals surface area contributed by atoms with E-state index in [4.69, 9.17) is 16.0 Å². The number of aryl methyl sites for hydroxylation is 2. The zero-order valence-electron chi connectivity index (χ0n) is 11.3. The predicted molar refractivity (Wildman–Crippen MR) is 74.8 cm³/mol. The Morgan fingerprint density at radius 3 is 2.63 bits per heavy atom. The molecule has 102 valence electrons. The van der Waals surface area contributed by atoms with E-state index in [1.807, 2.05) is 26.8 Å². The highest BCUT2D eigenvalue weighted by Gasteiger charge is 2.13. The number of rotatable bonds is 4. The average molecular weight is 282 g/mol. The van der Waals surface area contributed by atoms with Crippen molar-refractivity contribution in [3.05, 3.63) is 57.8 Å². The molecule has 1 atom stereocenters. The molecule has 2 nitrogen and oxygen atoms in total. The molecule has 0 amide bonds. The summed E-state index contributed by atoms with van der Waals surface area (Å²) in [7, 11) is 0. The third-order valence-electron chi connectivity index (χ3n) is 3.16. The molecule has 0 radical (unpaired) electrons. The van der Waals surface area contributed by atoms with Crippen LogP contribution in [-0.2, 0) is 6.54 Å². The molecule has 1 aromatic heterocycles. The number of furan rings is 1. The normalized spacial score (nSPS) is 12.7. The fraction of sp³-hybridized carbons (Fsp3) is 0.333. The Bertz CT molecular complexity index is 580. The maximum Gasteiger partial charge on any atom is 0.129 e. The Labute approximate surface area is 117 Å². The molecule has 0 aliphatic carbocycles. The Kier molecular flexibility index (Phi) is 4.27. The van der Waals surface area contributed by atoms with E-state index >= 15 is 0 Å². The molecule has 19 heavy (non-hydrogen) atoms. The van der Waals surface area contributed by atoms with Crippen molar-refractivity contribution in [1.82, 2.24) is 5.32 Å². The van der Waals surface area contributed by atoms with Gasteiger partial charge in [0.05, 0.1) is 0 Å². The van der Waals surface area contributed by atoms with Gasteiger partial charge < -0.3 is 9.73 Å². The molecule has 1 unspecified atom stereocenters. The Morgan fingerprint density at radius 1 is 1.32 bits per heavy atom. The lowest BCUT2D eigenvalue weighted by molar-refractivity contribution is 0.487. The molecule has 0 saturated carbocycles. The van der Waals surface area contributed by atoms with Gasteiger partial charge >= 0.3 is 0 Å². The van der Waals surface area contributed by atoms with Crippen LogP contribution >= 0.6 is 11.6 Å². The molecule has 1 N–H and O–H groups in total. The quantitative estimate of drug-likeness (QED) is 0.890. The molecule has 1 aromatic carbocycles. The molecule has 0 saturated heterocycles. The molecule has 2 aromatic rings. The summed E-state index contributed by atoms with van der Waals surface area (Å²) in [5.74, 6) is 1.50. The molecule has 0 aliphatic heterocycles. The van der Waals surface area contributed by atoms with Crippen molar-refractivity contribution in [1.29, 1.82) is 0 Å². The Morgan fingerprint density at radius 2 is 2.05 bits per heavy atom. The van der Waals surface area contributed by atoms with Crippen LogP contribution in [0.25, 0.3) is 0 Å². The van der Waals surface area contributed by atoms with E-state index in [-0.39, 0.29) is 11.9 Å². The predicted octanol–water partition coefficient (Wildman–Crippen LogP) is 4.54. The van der Waals surface area contributed by atoms with Gasteiger partial charge in [-0.2, -0.15) is 0 Å². The number of hydrogen-bond donors (Lipinski definition) is 1. The van der Waals surface area contributed by atoms with Crippen molar-refractivity contribution in [3.8, 4) is 0 Å². The van der Waals surface area contributed by atoms with E-state index in [2.05, 4.69) is 5.32 Å². The summed E-state index contributed by atoms with van der Waals surface area (Å²) in [6, 6.07) is 6.83. The van der Waals surface area contributed by atoms with Crippen LogP contribution in [0.1, 0.15) is 35.6 Å². The number of nitrogens with one attached hydrogen (secondary N) is 1. The maximum absolute atomic E-state index is 13.6. The van der Waals surface area contributed by atoms with Gasteiger partial charge in [0.15, 0.2) is 0 Å². The number of halogens is 2. The van der Waals surface area contributed by atoms with Gasteiger partial charge in [-0.15, -0.1) is 0 Å². The van der Waals surface area contributed by atoms with Crippen LogP contribution in [-0.4, -0.2) is 0 Å². The number of benzene rings is 1. The minimum atomic E-state index is -0.285. The Hall–Kier alpha value is -1.32. The summed E-state index contributed by atoms with van der Waals surface area (Å²) in [5, 5.41) is 3.70.